The van der Waals surface area contributed by atoms with E-state index in [1.807, 2.05) is 48.5 Å². The molecule has 29 heavy (non-hydrogen) atoms. The lowest BCUT2D eigenvalue weighted by molar-refractivity contribution is -0.141. The van der Waals surface area contributed by atoms with Gasteiger partial charge in [0.1, 0.15) is 0 Å². The van der Waals surface area contributed by atoms with Crippen molar-refractivity contribution in [3.63, 3.8) is 0 Å². The smallest absolute Gasteiger partial charge is 0.306 e. The number of aryl methyl sites for hydroxylation is 3. The Kier molecular flexibility index (Phi) is 5.52. The molecule has 1 N–H and O–H groups in total. The van der Waals surface area contributed by atoms with E-state index in [0.29, 0.717) is 18.4 Å². The lowest BCUT2D eigenvalue weighted by atomic mass is 9.91. The molecule has 3 aromatic rings. The van der Waals surface area contributed by atoms with Gasteiger partial charge in [-0.2, -0.15) is 0 Å². The molecule has 4 heteroatoms. The number of nitrogens with zero attached hydrogens (tertiary/aromatic N) is 1. The number of carboxylic acids is 1. The Balaban J connectivity index is 1.52. The summed E-state index contributed by atoms with van der Waals surface area (Å²) in [4.78, 5) is 24.6. The van der Waals surface area contributed by atoms with Crippen LogP contribution in [0.25, 0.3) is 10.9 Å². The Morgan fingerprint density at radius 3 is 2.59 bits per heavy atom. The van der Waals surface area contributed by atoms with Crippen molar-refractivity contribution in [2.24, 2.45) is 13.0 Å². The van der Waals surface area contributed by atoms with Crippen molar-refractivity contribution in [1.82, 2.24) is 4.57 Å². The van der Waals surface area contributed by atoms with Crippen molar-refractivity contribution in [2.45, 2.75) is 44.9 Å². The number of hydrogen-bond donors (Lipinski definition) is 1. The second kappa shape index (κ2) is 8.24. The average molecular weight is 389 g/mol. The van der Waals surface area contributed by atoms with Crippen molar-refractivity contribution in [3.8, 4) is 0 Å². The minimum absolute atomic E-state index is 0.0395. The van der Waals surface area contributed by atoms with Gasteiger partial charge in [0.15, 0.2) is 5.78 Å². The second-order valence-corrected chi connectivity index (χ2v) is 8.11. The van der Waals surface area contributed by atoms with Gasteiger partial charge in [0, 0.05) is 35.6 Å². The number of aromatic nitrogens is 1. The fourth-order valence-corrected chi connectivity index (χ4v) is 4.57. The van der Waals surface area contributed by atoms with Gasteiger partial charge in [-0.15, -0.1) is 0 Å². The molecule has 1 heterocycles. The van der Waals surface area contributed by atoms with Crippen molar-refractivity contribution < 1.29 is 14.7 Å². The first kappa shape index (κ1) is 19.4. The van der Waals surface area contributed by atoms with Gasteiger partial charge < -0.3 is 9.67 Å². The Morgan fingerprint density at radius 1 is 1.07 bits per heavy atom. The Morgan fingerprint density at radius 2 is 1.83 bits per heavy atom. The molecular formula is C25H27NO3. The third kappa shape index (κ3) is 3.98. The van der Waals surface area contributed by atoms with Gasteiger partial charge in [0.25, 0.3) is 0 Å². The molecule has 1 unspecified atom stereocenters. The van der Waals surface area contributed by atoms with Crippen molar-refractivity contribution in [2.75, 3.05) is 0 Å². The van der Waals surface area contributed by atoms with Crippen molar-refractivity contribution in [1.29, 1.82) is 0 Å². The molecule has 4 nitrogen and oxygen atoms in total. The molecule has 0 saturated heterocycles. The SMILES string of the molecule is Cn1c2c(c3ccc(C(=O)CC(CCc4ccccc4)C(=O)O)cc31)CCCC2. The lowest BCUT2D eigenvalue weighted by Crippen LogP contribution is -2.19. The zero-order valence-electron chi connectivity index (χ0n) is 16.9. The average Bonchev–Trinajstić information content (AvgIpc) is 3.03. The summed E-state index contributed by atoms with van der Waals surface area (Å²) in [6.07, 6.45) is 5.78. The molecule has 2 aromatic carbocycles. The first-order valence-corrected chi connectivity index (χ1v) is 10.4. The number of carboxylic acid groups (broad SMARTS) is 1. The van der Waals surface area contributed by atoms with Gasteiger partial charge >= 0.3 is 5.97 Å². The Hall–Kier alpha value is -2.88. The molecule has 150 valence electrons. The van der Waals surface area contributed by atoms with Crippen LogP contribution < -0.4 is 0 Å². The fraction of sp³-hybridized carbons (Fsp3) is 0.360. The van der Waals surface area contributed by atoms with Gasteiger partial charge in [-0.1, -0.05) is 42.5 Å². The normalized spacial score (nSPS) is 14.5. The zero-order chi connectivity index (χ0) is 20.4. The van der Waals surface area contributed by atoms with Crippen LogP contribution in [0.2, 0.25) is 0 Å². The number of benzene rings is 2. The van der Waals surface area contributed by atoms with E-state index in [9.17, 15) is 14.7 Å². The van der Waals surface area contributed by atoms with E-state index in [1.165, 1.54) is 29.5 Å². The van der Waals surface area contributed by atoms with Crippen LogP contribution in [0.4, 0.5) is 0 Å². The number of hydrogen-bond acceptors (Lipinski definition) is 2. The van der Waals surface area contributed by atoms with Gasteiger partial charge in [-0.25, -0.2) is 0 Å². The number of Topliss-reactive ketones (excluding diaryl/α,β-unsaturated/α-hetero) is 1. The molecule has 4 rings (SSSR count). The van der Waals surface area contributed by atoms with Crippen LogP contribution in [-0.4, -0.2) is 21.4 Å². The van der Waals surface area contributed by atoms with Crippen LogP contribution >= 0.6 is 0 Å². The molecule has 0 radical (unpaired) electrons. The summed E-state index contributed by atoms with van der Waals surface area (Å²) in [5.74, 6) is -1.66. The molecule has 0 aliphatic heterocycles. The molecule has 0 saturated carbocycles. The monoisotopic (exact) mass is 389 g/mol. The third-order valence-corrected chi connectivity index (χ3v) is 6.26. The minimum Gasteiger partial charge on any atom is -0.481 e. The number of rotatable bonds is 7. The number of carbonyl (C=O) groups excluding carboxylic acids is 1. The van der Waals surface area contributed by atoms with E-state index in [2.05, 4.69) is 11.6 Å². The summed E-state index contributed by atoms with van der Waals surface area (Å²) >= 11 is 0. The molecule has 1 aliphatic carbocycles. The Labute approximate surface area is 171 Å². The number of carbonyl (C=O) groups is 2. The second-order valence-electron chi connectivity index (χ2n) is 8.11. The first-order chi connectivity index (χ1) is 14.0. The summed E-state index contributed by atoms with van der Waals surface area (Å²) in [5.41, 5.74) is 5.59. The molecule has 0 fully saturated rings. The minimum atomic E-state index is -0.898. The van der Waals surface area contributed by atoms with E-state index in [-0.39, 0.29) is 12.2 Å². The zero-order valence-corrected chi connectivity index (χ0v) is 16.9. The predicted octanol–water partition coefficient (Wildman–Crippen LogP) is 4.96. The molecule has 1 aliphatic rings. The van der Waals surface area contributed by atoms with Crippen LogP contribution in [-0.2, 0) is 31.1 Å². The molecular weight excluding hydrogens is 362 g/mol. The summed E-state index contributed by atoms with van der Waals surface area (Å²) in [6, 6.07) is 15.7. The maximum Gasteiger partial charge on any atom is 0.306 e. The highest BCUT2D eigenvalue weighted by Crippen LogP contribution is 2.32. The highest BCUT2D eigenvalue weighted by molar-refractivity contribution is 6.01. The maximum absolute atomic E-state index is 12.9. The van der Waals surface area contributed by atoms with Crippen molar-refractivity contribution in [3.05, 3.63) is 70.9 Å². The van der Waals surface area contributed by atoms with E-state index < -0.39 is 11.9 Å². The van der Waals surface area contributed by atoms with Gasteiger partial charge in [-0.05, 0) is 55.7 Å². The number of aliphatic carboxylic acids is 1. The summed E-state index contributed by atoms with van der Waals surface area (Å²) in [6.45, 7) is 0. The van der Waals surface area contributed by atoms with Crippen molar-refractivity contribution >= 4 is 22.7 Å². The van der Waals surface area contributed by atoms with E-state index in [1.54, 1.807) is 0 Å². The Bertz CT molecular complexity index is 1050. The molecule has 0 spiro atoms. The first-order valence-electron chi connectivity index (χ1n) is 10.4. The maximum atomic E-state index is 12.9. The third-order valence-electron chi connectivity index (χ3n) is 6.26. The van der Waals surface area contributed by atoms with Crippen LogP contribution in [0.3, 0.4) is 0 Å². The predicted molar refractivity (Wildman–Crippen MR) is 114 cm³/mol. The number of fused-ring (bicyclic) bond motifs is 3. The van der Waals surface area contributed by atoms with Gasteiger partial charge in [-0.3, -0.25) is 9.59 Å². The quantitative estimate of drug-likeness (QED) is 0.581. The van der Waals surface area contributed by atoms with Crippen LogP contribution in [0.5, 0.6) is 0 Å². The highest BCUT2D eigenvalue weighted by Gasteiger charge is 2.23. The summed E-state index contributed by atoms with van der Waals surface area (Å²) in [7, 11) is 2.07. The van der Waals surface area contributed by atoms with Gasteiger partial charge in [0.2, 0.25) is 0 Å². The van der Waals surface area contributed by atoms with Crippen LogP contribution in [0, 0.1) is 5.92 Å². The lowest BCUT2D eigenvalue weighted by Gasteiger charge is -2.12. The van der Waals surface area contributed by atoms with E-state index >= 15 is 0 Å². The van der Waals surface area contributed by atoms with Crippen LogP contribution in [0.15, 0.2) is 48.5 Å². The topological polar surface area (TPSA) is 59.3 Å². The summed E-state index contributed by atoms with van der Waals surface area (Å²) < 4.78 is 2.21. The highest BCUT2D eigenvalue weighted by atomic mass is 16.4. The van der Waals surface area contributed by atoms with Gasteiger partial charge in [0.05, 0.1) is 5.92 Å². The summed E-state index contributed by atoms with van der Waals surface area (Å²) in [5, 5.41) is 10.9. The number of ketones is 1. The largest absolute Gasteiger partial charge is 0.481 e. The molecule has 1 atom stereocenters. The molecule has 1 aromatic heterocycles. The van der Waals surface area contributed by atoms with Crippen LogP contribution in [0.1, 0.15) is 52.9 Å². The molecule has 0 amide bonds. The fourth-order valence-electron chi connectivity index (χ4n) is 4.57. The standard InChI is InChI=1S/C25H27NO3/c1-26-22-10-6-5-9-20(22)21-14-13-18(15-23(21)26)24(27)16-19(25(28)29)12-11-17-7-3-2-4-8-17/h2-4,7-8,13-15,19H,5-6,9-12,16H2,1H3,(H,28,29). The molecule has 0 bridgehead atoms. The van der Waals surface area contributed by atoms with E-state index in [0.717, 1.165) is 23.9 Å². The van der Waals surface area contributed by atoms with E-state index in [4.69, 9.17) is 0 Å².